The second-order valence-electron chi connectivity index (χ2n) is 7.33. The van der Waals surface area contributed by atoms with Crippen LogP contribution in [0.3, 0.4) is 0 Å². The van der Waals surface area contributed by atoms with Crippen LogP contribution in [-0.4, -0.2) is 17.5 Å². The molecule has 0 aliphatic heterocycles. The zero-order valence-corrected chi connectivity index (χ0v) is 19.2. The normalized spacial score (nSPS) is 14.2. The van der Waals surface area contributed by atoms with Gasteiger partial charge in [0.15, 0.2) is 5.76 Å². The fourth-order valence-corrected chi connectivity index (χ4v) is 4.34. The summed E-state index contributed by atoms with van der Waals surface area (Å²) in [4.78, 5) is 25.3. The molecule has 0 bridgehead atoms. The number of benzene rings is 2. The Morgan fingerprint density at radius 1 is 0.969 bits per heavy atom. The number of nitrogens with zero attached hydrogens (tertiary/aromatic N) is 1. The maximum atomic E-state index is 12.9. The van der Waals surface area contributed by atoms with E-state index in [1.54, 1.807) is 49.4 Å². The van der Waals surface area contributed by atoms with Gasteiger partial charge in [-0.3, -0.25) is 9.59 Å². The Labute approximate surface area is 199 Å². The summed E-state index contributed by atoms with van der Waals surface area (Å²) < 4.78 is 5.88. The zero-order valence-electron chi connectivity index (χ0n) is 17.0. The van der Waals surface area contributed by atoms with E-state index >= 15 is 0 Å². The number of halogens is 3. The van der Waals surface area contributed by atoms with E-state index in [2.05, 4.69) is 15.8 Å². The fraction of sp³-hybridized carbons (Fsp3) is 0.174. The number of nitrogens with one attached hydrogen (secondary N) is 2. The van der Waals surface area contributed by atoms with Crippen LogP contribution < -0.4 is 10.7 Å². The third kappa shape index (κ3) is 4.83. The number of hydrogen-bond donors (Lipinski definition) is 2. The van der Waals surface area contributed by atoms with Crippen LogP contribution >= 0.6 is 34.8 Å². The number of aryl methyl sites for hydroxylation is 1. The SMILES string of the molecule is Cc1c(C(=O)Nc2cc(Cl)cc(Cl)c2)oc2c1/C(=N/NC(=O)c1cccc(Cl)c1)CCC2. The van der Waals surface area contributed by atoms with Gasteiger partial charge in [0.2, 0.25) is 0 Å². The number of amides is 2. The number of carbonyl (C=O) groups is 2. The standard InChI is InChI=1S/C23H18Cl3N3O3/c1-12-20-18(28-29-22(30)13-4-2-5-14(24)8-13)6-3-7-19(20)32-21(12)23(31)27-17-10-15(25)9-16(26)11-17/h2,4-5,8-11H,3,6-7H2,1H3,(H,27,31)(H,29,30)/b28-18+. The van der Waals surface area contributed by atoms with Gasteiger partial charge in [0.25, 0.3) is 11.8 Å². The highest BCUT2D eigenvalue weighted by Crippen LogP contribution is 2.31. The molecule has 1 aromatic heterocycles. The molecular weight excluding hydrogens is 473 g/mol. The molecule has 0 spiro atoms. The van der Waals surface area contributed by atoms with Crippen molar-refractivity contribution >= 4 is 58.0 Å². The minimum absolute atomic E-state index is 0.182. The Kier molecular flexibility index (Phi) is 6.55. The molecule has 2 amide bonds. The summed E-state index contributed by atoms with van der Waals surface area (Å²) in [6.45, 7) is 1.79. The Hall–Kier alpha value is -2.80. The molecule has 0 saturated carbocycles. The molecule has 6 nitrogen and oxygen atoms in total. The van der Waals surface area contributed by atoms with Crippen molar-refractivity contribution in [2.45, 2.75) is 26.2 Å². The van der Waals surface area contributed by atoms with Gasteiger partial charge in [0.1, 0.15) is 5.76 Å². The first-order valence-electron chi connectivity index (χ1n) is 9.84. The predicted molar refractivity (Wildman–Crippen MR) is 126 cm³/mol. The monoisotopic (exact) mass is 489 g/mol. The van der Waals surface area contributed by atoms with E-state index in [0.717, 1.165) is 12.0 Å². The van der Waals surface area contributed by atoms with Crippen molar-refractivity contribution in [1.82, 2.24) is 5.43 Å². The van der Waals surface area contributed by atoms with Crippen LogP contribution in [-0.2, 0) is 6.42 Å². The van der Waals surface area contributed by atoms with Crippen LogP contribution in [0.4, 0.5) is 5.69 Å². The lowest BCUT2D eigenvalue weighted by Crippen LogP contribution is -2.22. The number of hydrazone groups is 1. The van der Waals surface area contributed by atoms with E-state index in [0.29, 0.717) is 56.2 Å². The molecular formula is C23H18Cl3N3O3. The maximum Gasteiger partial charge on any atom is 0.291 e. The summed E-state index contributed by atoms with van der Waals surface area (Å²) in [5, 5.41) is 8.36. The van der Waals surface area contributed by atoms with Crippen molar-refractivity contribution in [1.29, 1.82) is 0 Å². The van der Waals surface area contributed by atoms with Crippen molar-refractivity contribution in [3.05, 3.63) is 85.7 Å². The fourth-order valence-electron chi connectivity index (χ4n) is 3.62. The lowest BCUT2D eigenvalue weighted by molar-refractivity contribution is 0.0953. The Morgan fingerprint density at radius 3 is 2.44 bits per heavy atom. The van der Waals surface area contributed by atoms with Crippen molar-refractivity contribution in [3.63, 3.8) is 0 Å². The molecule has 0 saturated heterocycles. The third-order valence-corrected chi connectivity index (χ3v) is 5.70. The molecule has 1 aliphatic rings. The van der Waals surface area contributed by atoms with Gasteiger partial charge in [-0.15, -0.1) is 0 Å². The second-order valence-corrected chi connectivity index (χ2v) is 8.64. The molecule has 2 N–H and O–H groups in total. The van der Waals surface area contributed by atoms with Gasteiger partial charge < -0.3 is 9.73 Å². The highest BCUT2D eigenvalue weighted by atomic mass is 35.5. The Balaban J connectivity index is 1.57. The first-order valence-corrected chi connectivity index (χ1v) is 11.0. The first kappa shape index (κ1) is 22.4. The molecule has 1 aliphatic carbocycles. The predicted octanol–water partition coefficient (Wildman–Crippen LogP) is 6.27. The van der Waals surface area contributed by atoms with Gasteiger partial charge in [-0.1, -0.05) is 40.9 Å². The number of rotatable bonds is 4. The van der Waals surface area contributed by atoms with E-state index in [-0.39, 0.29) is 11.7 Å². The summed E-state index contributed by atoms with van der Waals surface area (Å²) in [5.74, 6) is 0.0577. The molecule has 0 unspecified atom stereocenters. The van der Waals surface area contributed by atoms with Crippen molar-refractivity contribution in [3.8, 4) is 0 Å². The number of anilines is 1. The molecule has 9 heteroatoms. The van der Waals surface area contributed by atoms with Crippen LogP contribution in [0.5, 0.6) is 0 Å². The highest BCUT2D eigenvalue weighted by molar-refractivity contribution is 6.35. The molecule has 0 atom stereocenters. The molecule has 3 aromatic rings. The lowest BCUT2D eigenvalue weighted by Gasteiger charge is -2.13. The molecule has 0 fully saturated rings. The third-order valence-electron chi connectivity index (χ3n) is 5.03. The summed E-state index contributed by atoms with van der Waals surface area (Å²) in [5.41, 5.74) is 5.50. The van der Waals surface area contributed by atoms with Crippen LogP contribution in [0.2, 0.25) is 15.1 Å². The Bertz CT molecular complexity index is 1230. The highest BCUT2D eigenvalue weighted by Gasteiger charge is 2.28. The number of carbonyl (C=O) groups excluding carboxylic acids is 2. The van der Waals surface area contributed by atoms with E-state index in [4.69, 9.17) is 39.2 Å². The minimum Gasteiger partial charge on any atom is -0.455 e. The molecule has 0 radical (unpaired) electrons. The van der Waals surface area contributed by atoms with Crippen molar-refractivity contribution < 1.29 is 14.0 Å². The molecule has 4 rings (SSSR count). The number of hydrogen-bond acceptors (Lipinski definition) is 4. The average Bonchev–Trinajstić information content (AvgIpc) is 3.08. The topological polar surface area (TPSA) is 83.7 Å². The molecule has 2 aromatic carbocycles. The summed E-state index contributed by atoms with van der Waals surface area (Å²) in [6, 6.07) is 11.4. The van der Waals surface area contributed by atoms with Crippen LogP contribution in [0.1, 0.15) is 50.6 Å². The quantitative estimate of drug-likeness (QED) is 0.423. The molecule has 1 heterocycles. The first-order chi connectivity index (χ1) is 15.3. The van der Waals surface area contributed by atoms with Crippen LogP contribution in [0.15, 0.2) is 52.0 Å². The van der Waals surface area contributed by atoms with Gasteiger partial charge in [0.05, 0.1) is 5.71 Å². The van der Waals surface area contributed by atoms with Crippen molar-refractivity contribution in [2.24, 2.45) is 5.10 Å². The van der Waals surface area contributed by atoms with E-state index in [1.165, 1.54) is 0 Å². The molecule has 32 heavy (non-hydrogen) atoms. The van der Waals surface area contributed by atoms with Gasteiger partial charge in [-0.2, -0.15) is 5.10 Å². The van der Waals surface area contributed by atoms with Gasteiger partial charge >= 0.3 is 0 Å². The van der Waals surface area contributed by atoms with Gasteiger partial charge in [-0.25, -0.2) is 5.43 Å². The maximum absolute atomic E-state index is 12.9. The average molecular weight is 491 g/mol. The smallest absolute Gasteiger partial charge is 0.291 e. The van der Waals surface area contributed by atoms with E-state index in [9.17, 15) is 9.59 Å². The van der Waals surface area contributed by atoms with Crippen LogP contribution in [0.25, 0.3) is 0 Å². The summed E-state index contributed by atoms with van der Waals surface area (Å²) in [7, 11) is 0. The second kappa shape index (κ2) is 9.36. The van der Waals surface area contributed by atoms with E-state index in [1.807, 2.05) is 0 Å². The number of fused-ring (bicyclic) bond motifs is 1. The minimum atomic E-state index is -0.419. The van der Waals surface area contributed by atoms with Gasteiger partial charge in [-0.05, 0) is 56.2 Å². The van der Waals surface area contributed by atoms with Crippen molar-refractivity contribution in [2.75, 3.05) is 5.32 Å². The largest absolute Gasteiger partial charge is 0.455 e. The lowest BCUT2D eigenvalue weighted by atomic mass is 9.93. The number of furan rings is 1. The van der Waals surface area contributed by atoms with E-state index < -0.39 is 5.91 Å². The molecule has 164 valence electrons. The summed E-state index contributed by atoms with van der Waals surface area (Å²) >= 11 is 18.0. The zero-order chi connectivity index (χ0) is 22.8. The Morgan fingerprint density at radius 2 is 1.72 bits per heavy atom. The van der Waals surface area contributed by atoms with Gasteiger partial charge in [0, 0.05) is 43.9 Å². The summed E-state index contributed by atoms with van der Waals surface area (Å²) in [6.07, 6.45) is 2.11. The van der Waals surface area contributed by atoms with Crippen LogP contribution in [0, 0.1) is 6.92 Å².